The first-order valence-corrected chi connectivity index (χ1v) is 6.95. The molecular formula is C14H14BrClN2O. The molecule has 5 heteroatoms. The van der Waals surface area contributed by atoms with Crippen molar-refractivity contribution in [1.29, 1.82) is 0 Å². The smallest absolute Gasteiger partial charge is 0.142 e. The molecule has 0 aliphatic heterocycles. The van der Waals surface area contributed by atoms with Crippen molar-refractivity contribution in [3.63, 3.8) is 0 Å². The molecule has 1 atom stereocenters. The third kappa shape index (κ3) is 3.08. The van der Waals surface area contributed by atoms with Gasteiger partial charge in [-0.1, -0.05) is 27.5 Å². The first-order valence-electron chi connectivity index (χ1n) is 5.78. The topological polar surface area (TPSA) is 34.2 Å². The third-order valence-electron chi connectivity index (χ3n) is 2.85. The number of aromatic nitrogens is 1. The van der Waals surface area contributed by atoms with Crippen LogP contribution in [0, 0.1) is 0 Å². The van der Waals surface area contributed by atoms with Crippen molar-refractivity contribution in [1.82, 2.24) is 10.3 Å². The Bertz CT molecular complexity index is 577. The Labute approximate surface area is 126 Å². The van der Waals surface area contributed by atoms with E-state index >= 15 is 0 Å². The van der Waals surface area contributed by atoms with E-state index in [0.717, 1.165) is 21.5 Å². The normalized spacial score (nSPS) is 12.2. The van der Waals surface area contributed by atoms with Crippen LogP contribution in [0.25, 0.3) is 0 Å². The molecule has 1 aromatic heterocycles. The fraction of sp³-hybridized carbons (Fsp3) is 0.214. The largest absolute Gasteiger partial charge is 0.495 e. The minimum absolute atomic E-state index is 0.124. The highest BCUT2D eigenvalue weighted by Gasteiger charge is 2.20. The molecule has 1 aromatic carbocycles. The van der Waals surface area contributed by atoms with Crippen LogP contribution in [-0.2, 0) is 0 Å². The summed E-state index contributed by atoms with van der Waals surface area (Å²) in [6, 6.07) is 9.36. The van der Waals surface area contributed by atoms with Crippen molar-refractivity contribution in [2.45, 2.75) is 6.04 Å². The number of hydrogen-bond donors (Lipinski definition) is 1. The number of halogens is 2. The van der Waals surface area contributed by atoms with Gasteiger partial charge in [0.1, 0.15) is 11.4 Å². The second-order valence-electron chi connectivity index (χ2n) is 3.98. The van der Waals surface area contributed by atoms with E-state index < -0.39 is 0 Å². The minimum Gasteiger partial charge on any atom is -0.495 e. The summed E-state index contributed by atoms with van der Waals surface area (Å²) in [6.07, 6.45) is 1.74. The predicted molar refractivity (Wildman–Crippen MR) is 80.8 cm³/mol. The minimum atomic E-state index is -0.124. The summed E-state index contributed by atoms with van der Waals surface area (Å²) < 4.78 is 6.34. The lowest BCUT2D eigenvalue weighted by Gasteiger charge is -2.20. The van der Waals surface area contributed by atoms with Gasteiger partial charge in [0.25, 0.3) is 0 Å². The quantitative estimate of drug-likeness (QED) is 0.918. The molecule has 1 heterocycles. The summed E-state index contributed by atoms with van der Waals surface area (Å²) in [5.41, 5.74) is 1.77. The van der Waals surface area contributed by atoms with Gasteiger partial charge in [-0.2, -0.15) is 0 Å². The number of methoxy groups -OCH3 is 1. The van der Waals surface area contributed by atoms with Crippen LogP contribution >= 0.6 is 27.5 Å². The van der Waals surface area contributed by atoms with Gasteiger partial charge in [-0.3, -0.25) is 4.98 Å². The molecule has 19 heavy (non-hydrogen) atoms. The number of rotatable bonds is 4. The zero-order valence-corrected chi connectivity index (χ0v) is 13.0. The predicted octanol–water partition coefficient (Wildman–Crippen LogP) is 3.81. The molecule has 0 fully saturated rings. The maximum atomic E-state index is 6.29. The van der Waals surface area contributed by atoms with Crippen molar-refractivity contribution in [2.24, 2.45) is 0 Å². The molecule has 1 N–H and O–H groups in total. The summed E-state index contributed by atoms with van der Waals surface area (Å²) in [5, 5.41) is 3.92. The Hall–Kier alpha value is -1.10. The second-order valence-corrected chi connectivity index (χ2v) is 5.30. The zero-order chi connectivity index (χ0) is 13.8. The lowest BCUT2D eigenvalue weighted by atomic mass is 10.0. The third-order valence-corrected chi connectivity index (χ3v) is 3.69. The van der Waals surface area contributed by atoms with Gasteiger partial charge in [0.15, 0.2) is 0 Å². The average Bonchev–Trinajstić information content (AvgIpc) is 2.44. The molecule has 0 spiro atoms. The molecule has 0 saturated heterocycles. The number of benzene rings is 1. The van der Waals surface area contributed by atoms with Gasteiger partial charge in [0, 0.05) is 15.7 Å². The van der Waals surface area contributed by atoms with E-state index in [1.54, 1.807) is 13.3 Å². The lowest BCUT2D eigenvalue weighted by Crippen LogP contribution is -2.20. The molecule has 2 rings (SSSR count). The van der Waals surface area contributed by atoms with Crippen LogP contribution in [0.5, 0.6) is 5.75 Å². The van der Waals surface area contributed by atoms with Gasteiger partial charge >= 0.3 is 0 Å². The molecule has 1 unspecified atom stereocenters. The fourth-order valence-electron chi connectivity index (χ4n) is 1.97. The molecule has 100 valence electrons. The molecule has 0 radical (unpaired) electrons. The summed E-state index contributed by atoms with van der Waals surface area (Å²) in [6.45, 7) is 0. The summed E-state index contributed by atoms with van der Waals surface area (Å²) in [7, 11) is 3.51. The van der Waals surface area contributed by atoms with E-state index in [2.05, 4.69) is 26.2 Å². The van der Waals surface area contributed by atoms with E-state index in [1.165, 1.54) is 0 Å². The van der Waals surface area contributed by atoms with E-state index in [0.29, 0.717) is 5.02 Å². The van der Waals surface area contributed by atoms with Crippen LogP contribution in [-0.4, -0.2) is 19.1 Å². The highest BCUT2D eigenvalue weighted by atomic mass is 79.9. The Morgan fingerprint density at radius 2 is 2.16 bits per heavy atom. The summed E-state index contributed by atoms with van der Waals surface area (Å²) in [5.74, 6) is 0.734. The number of hydrogen-bond acceptors (Lipinski definition) is 3. The van der Waals surface area contributed by atoms with Crippen LogP contribution in [0.1, 0.15) is 17.3 Å². The van der Waals surface area contributed by atoms with Crippen LogP contribution in [0.15, 0.2) is 41.0 Å². The first-order chi connectivity index (χ1) is 9.17. The molecule has 0 aliphatic rings. The van der Waals surface area contributed by atoms with Gasteiger partial charge in [0.2, 0.25) is 0 Å². The maximum absolute atomic E-state index is 6.29. The highest BCUT2D eigenvalue weighted by molar-refractivity contribution is 9.10. The van der Waals surface area contributed by atoms with Crippen molar-refractivity contribution >= 4 is 27.5 Å². The van der Waals surface area contributed by atoms with Crippen molar-refractivity contribution in [3.8, 4) is 5.75 Å². The number of nitrogens with zero attached hydrogens (tertiary/aromatic N) is 1. The molecule has 2 aromatic rings. The Morgan fingerprint density at radius 3 is 2.84 bits per heavy atom. The number of pyridine rings is 1. The Kier molecular flexibility index (Phi) is 4.80. The van der Waals surface area contributed by atoms with E-state index in [-0.39, 0.29) is 6.04 Å². The first kappa shape index (κ1) is 14.3. The van der Waals surface area contributed by atoms with Gasteiger partial charge < -0.3 is 10.1 Å². The van der Waals surface area contributed by atoms with Crippen LogP contribution in [0.2, 0.25) is 5.02 Å². The monoisotopic (exact) mass is 340 g/mol. The molecule has 0 bridgehead atoms. The maximum Gasteiger partial charge on any atom is 0.142 e. The lowest BCUT2D eigenvalue weighted by molar-refractivity contribution is 0.401. The number of ether oxygens (including phenoxy) is 1. The van der Waals surface area contributed by atoms with Crippen LogP contribution in [0.3, 0.4) is 0 Å². The van der Waals surface area contributed by atoms with E-state index in [4.69, 9.17) is 16.3 Å². The van der Waals surface area contributed by atoms with Gasteiger partial charge in [-0.05, 0) is 42.9 Å². The van der Waals surface area contributed by atoms with E-state index in [1.807, 2.05) is 37.4 Å². The molecule has 0 amide bonds. The molecule has 0 saturated carbocycles. The molecule has 0 aliphatic carbocycles. The zero-order valence-electron chi connectivity index (χ0n) is 10.7. The molecule has 3 nitrogen and oxygen atoms in total. The van der Waals surface area contributed by atoms with Crippen molar-refractivity contribution < 1.29 is 4.74 Å². The fourth-order valence-corrected chi connectivity index (χ4v) is 2.57. The van der Waals surface area contributed by atoms with E-state index in [9.17, 15) is 0 Å². The van der Waals surface area contributed by atoms with Crippen LogP contribution < -0.4 is 10.1 Å². The highest BCUT2D eigenvalue weighted by Crippen LogP contribution is 2.33. The Balaban J connectivity index is 2.53. The Morgan fingerprint density at radius 1 is 1.37 bits per heavy atom. The van der Waals surface area contributed by atoms with Crippen LogP contribution in [0.4, 0.5) is 0 Å². The standard InChI is InChI=1S/C14H14BrClN2O/c1-17-13(10-8-9(15)5-6-11(10)16)14-12(19-2)4-3-7-18-14/h3-8,13,17H,1-2H3. The average molecular weight is 342 g/mol. The van der Waals surface area contributed by atoms with Gasteiger partial charge in [0.05, 0.1) is 13.2 Å². The summed E-state index contributed by atoms with van der Waals surface area (Å²) >= 11 is 9.75. The second kappa shape index (κ2) is 6.37. The van der Waals surface area contributed by atoms with Gasteiger partial charge in [-0.25, -0.2) is 0 Å². The number of nitrogens with one attached hydrogen (secondary N) is 1. The van der Waals surface area contributed by atoms with Crippen molar-refractivity contribution in [3.05, 3.63) is 57.3 Å². The molecular weight excluding hydrogens is 328 g/mol. The van der Waals surface area contributed by atoms with Gasteiger partial charge in [-0.15, -0.1) is 0 Å². The summed E-state index contributed by atoms with van der Waals surface area (Å²) in [4.78, 5) is 4.41. The van der Waals surface area contributed by atoms with Crippen molar-refractivity contribution in [2.75, 3.05) is 14.2 Å². The SMILES string of the molecule is CNC(c1cc(Br)ccc1Cl)c1ncccc1OC.